The van der Waals surface area contributed by atoms with E-state index in [9.17, 15) is 17.6 Å². The Hall–Kier alpha value is -2.33. The van der Waals surface area contributed by atoms with Crippen LogP contribution < -0.4 is 11.1 Å². The van der Waals surface area contributed by atoms with Crippen LogP contribution in [0.3, 0.4) is 0 Å². The number of anilines is 1. The molecule has 152 valence electrons. The molecule has 1 unspecified atom stereocenters. The molecule has 0 spiro atoms. The van der Waals surface area contributed by atoms with Crippen LogP contribution in [0.15, 0.2) is 29.4 Å². The summed E-state index contributed by atoms with van der Waals surface area (Å²) < 4.78 is 61.4. The molecule has 3 rings (SSSR count). The minimum Gasteiger partial charge on any atom is -0.386 e. The van der Waals surface area contributed by atoms with Gasteiger partial charge in [0.25, 0.3) is 6.43 Å². The minimum atomic E-state index is -2.86. The van der Waals surface area contributed by atoms with E-state index in [1.807, 2.05) is 0 Å². The Bertz CT molecular complexity index is 877. The lowest BCUT2D eigenvalue weighted by molar-refractivity contribution is 0.0754. The summed E-state index contributed by atoms with van der Waals surface area (Å²) in [4.78, 5) is 4.08. The number of nitrogens with zero attached hydrogens (tertiary/aromatic N) is 2. The Kier molecular flexibility index (Phi) is 5.80. The van der Waals surface area contributed by atoms with Gasteiger partial charge in [-0.1, -0.05) is 11.6 Å². The molecule has 1 aliphatic heterocycles. The summed E-state index contributed by atoms with van der Waals surface area (Å²) in [5, 5.41) is 8.72. The lowest BCUT2D eigenvalue weighted by atomic mass is 9.87. The fraction of sp³-hybridized carbons (Fsp3) is 0.412. The van der Waals surface area contributed by atoms with E-state index in [1.54, 1.807) is 0 Å². The maximum absolute atomic E-state index is 14.7. The van der Waals surface area contributed by atoms with Gasteiger partial charge in [-0.2, -0.15) is 5.10 Å². The Balaban J connectivity index is 1.99. The van der Waals surface area contributed by atoms with Gasteiger partial charge in [0, 0.05) is 17.4 Å². The van der Waals surface area contributed by atoms with Crippen LogP contribution in [0, 0.1) is 5.82 Å². The molecule has 11 heteroatoms. The van der Waals surface area contributed by atoms with Crippen molar-refractivity contribution in [2.75, 3.05) is 18.5 Å². The molecule has 0 aliphatic carbocycles. The second kappa shape index (κ2) is 7.96. The molecular formula is C17H18ClF4N5O. The monoisotopic (exact) mass is 419 g/mol. The molecule has 0 saturated carbocycles. The first-order valence-corrected chi connectivity index (χ1v) is 8.70. The highest BCUT2D eigenvalue weighted by atomic mass is 35.5. The van der Waals surface area contributed by atoms with Crippen molar-refractivity contribution in [3.63, 3.8) is 0 Å². The van der Waals surface area contributed by atoms with Gasteiger partial charge in [-0.25, -0.2) is 17.6 Å². The van der Waals surface area contributed by atoms with E-state index in [-0.39, 0.29) is 41.0 Å². The molecule has 3 atom stereocenters. The number of aromatic amines is 1. The zero-order valence-corrected chi connectivity index (χ0v) is 15.5. The highest BCUT2D eigenvalue weighted by Gasteiger charge is 2.41. The molecule has 1 aromatic carbocycles. The normalized spacial score (nSPS) is 24.0. The third kappa shape index (κ3) is 3.93. The number of H-pyrrole nitrogens is 1. The number of alkyl halides is 3. The number of nitrogens with two attached hydrogens (primary N) is 1. The summed E-state index contributed by atoms with van der Waals surface area (Å²) in [6.07, 6.45) is -3.29. The van der Waals surface area contributed by atoms with E-state index in [2.05, 4.69) is 20.5 Å². The summed E-state index contributed by atoms with van der Waals surface area (Å²) >= 11 is 5.88. The number of benzene rings is 1. The van der Waals surface area contributed by atoms with Crippen molar-refractivity contribution in [2.24, 2.45) is 10.7 Å². The number of amidine groups is 1. The summed E-state index contributed by atoms with van der Waals surface area (Å²) in [6, 6.07) is 1.96. The number of nitrogens with one attached hydrogen (secondary N) is 2. The average molecular weight is 420 g/mol. The van der Waals surface area contributed by atoms with Crippen LogP contribution in [-0.2, 0) is 10.3 Å². The van der Waals surface area contributed by atoms with E-state index < -0.39 is 30.0 Å². The molecule has 0 amide bonds. The Morgan fingerprint density at radius 2 is 2.18 bits per heavy atom. The number of ether oxygens (including phenoxy) is 1. The second-order valence-electron chi connectivity index (χ2n) is 6.50. The number of aliphatic imine (C=N–C) groups is 1. The number of hydrogen-bond acceptors (Lipinski definition) is 5. The number of aromatic nitrogens is 2. The minimum absolute atomic E-state index is 0.00849. The number of rotatable bonds is 5. The van der Waals surface area contributed by atoms with Crippen molar-refractivity contribution in [1.82, 2.24) is 10.2 Å². The summed E-state index contributed by atoms with van der Waals surface area (Å²) in [7, 11) is 0. The third-order valence-corrected chi connectivity index (χ3v) is 4.80. The highest BCUT2D eigenvalue weighted by molar-refractivity contribution is 6.31. The van der Waals surface area contributed by atoms with Gasteiger partial charge in [0.15, 0.2) is 6.17 Å². The quantitative estimate of drug-likeness (QED) is 0.646. The first-order valence-electron chi connectivity index (χ1n) is 8.32. The van der Waals surface area contributed by atoms with Crippen LogP contribution in [0.5, 0.6) is 0 Å². The molecule has 28 heavy (non-hydrogen) atoms. The van der Waals surface area contributed by atoms with Gasteiger partial charge in [0.1, 0.15) is 35.5 Å². The van der Waals surface area contributed by atoms with Crippen molar-refractivity contribution < 1.29 is 22.3 Å². The molecule has 0 bridgehead atoms. The molecule has 2 aromatic rings. The smallest absolute Gasteiger partial charge is 0.264 e. The maximum Gasteiger partial charge on any atom is 0.264 e. The molecule has 0 fully saturated rings. The molecule has 2 heterocycles. The fourth-order valence-corrected chi connectivity index (χ4v) is 3.20. The SMILES string of the molecule is C[C@]1(c2cc(NC(c3n[nH]cc3Cl)C(F)F)ccc2F)N=C(N)COC[C@@H]1F. The van der Waals surface area contributed by atoms with Gasteiger partial charge in [0.2, 0.25) is 0 Å². The van der Waals surface area contributed by atoms with E-state index in [1.165, 1.54) is 25.3 Å². The molecule has 1 aromatic heterocycles. The van der Waals surface area contributed by atoms with Crippen LogP contribution >= 0.6 is 11.6 Å². The predicted molar refractivity (Wildman–Crippen MR) is 97.1 cm³/mol. The van der Waals surface area contributed by atoms with Crippen LogP contribution in [0.25, 0.3) is 0 Å². The lowest BCUT2D eigenvalue weighted by Gasteiger charge is -2.29. The Morgan fingerprint density at radius 3 is 2.82 bits per heavy atom. The summed E-state index contributed by atoms with van der Waals surface area (Å²) in [5.41, 5.74) is 3.90. The van der Waals surface area contributed by atoms with E-state index in [0.717, 1.165) is 6.07 Å². The van der Waals surface area contributed by atoms with Gasteiger partial charge in [-0.05, 0) is 25.1 Å². The number of hydrogen-bond donors (Lipinski definition) is 3. The van der Waals surface area contributed by atoms with Crippen molar-refractivity contribution in [3.05, 3.63) is 46.5 Å². The summed E-state index contributed by atoms with van der Waals surface area (Å²) in [5.74, 6) is -0.741. The molecule has 0 saturated heterocycles. The van der Waals surface area contributed by atoms with Crippen molar-refractivity contribution >= 4 is 23.1 Å². The van der Waals surface area contributed by atoms with Gasteiger partial charge < -0.3 is 15.8 Å². The van der Waals surface area contributed by atoms with E-state index >= 15 is 0 Å². The van der Waals surface area contributed by atoms with Crippen molar-refractivity contribution in [3.8, 4) is 0 Å². The zero-order valence-electron chi connectivity index (χ0n) is 14.7. The number of halogens is 5. The standard InChI is InChI=1S/C17H18ClF4N5O/c1-17(12(20)6-28-7-13(23)26-17)9-4-8(2-3-11(9)19)25-15(16(21)22)14-10(18)5-24-27-14/h2-5,12,15-16,25H,6-7H2,1H3,(H2,23,26)(H,24,27)/t12-,15?,17+/m0/s1. The summed E-state index contributed by atoms with van der Waals surface area (Å²) in [6.45, 7) is 0.956. The Morgan fingerprint density at radius 1 is 1.43 bits per heavy atom. The van der Waals surface area contributed by atoms with Crippen LogP contribution in [-0.4, -0.2) is 41.8 Å². The van der Waals surface area contributed by atoms with Crippen LogP contribution in [0.4, 0.5) is 23.2 Å². The maximum atomic E-state index is 14.7. The van der Waals surface area contributed by atoms with Crippen molar-refractivity contribution in [1.29, 1.82) is 0 Å². The lowest BCUT2D eigenvalue weighted by Crippen LogP contribution is -2.36. The average Bonchev–Trinajstić information content (AvgIpc) is 3.00. The first kappa shape index (κ1) is 20.4. The molecule has 4 N–H and O–H groups in total. The van der Waals surface area contributed by atoms with Gasteiger partial charge in [-0.15, -0.1) is 0 Å². The molecule has 1 aliphatic rings. The second-order valence-corrected chi connectivity index (χ2v) is 6.91. The van der Waals surface area contributed by atoms with Gasteiger partial charge >= 0.3 is 0 Å². The molecular weight excluding hydrogens is 402 g/mol. The topological polar surface area (TPSA) is 88.3 Å². The van der Waals surface area contributed by atoms with Gasteiger partial charge in [0.05, 0.1) is 11.6 Å². The van der Waals surface area contributed by atoms with E-state index in [0.29, 0.717) is 0 Å². The first-order chi connectivity index (χ1) is 13.2. The third-order valence-electron chi connectivity index (χ3n) is 4.50. The van der Waals surface area contributed by atoms with Gasteiger partial charge in [-0.3, -0.25) is 10.1 Å². The van der Waals surface area contributed by atoms with Crippen LogP contribution in [0.2, 0.25) is 5.02 Å². The molecule has 6 nitrogen and oxygen atoms in total. The highest BCUT2D eigenvalue weighted by Crippen LogP contribution is 2.37. The molecule has 0 radical (unpaired) electrons. The fourth-order valence-electron chi connectivity index (χ4n) is 3.00. The van der Waals surface area contributed by atoms with Crippen molar-refractivity contribution in [2.45, 2.75) is 31.1 Å². The Labute approximate surface area is 163 Å². The van der Waals surface area contributed by atoms with Crippen LogP contribution in [0.1, 0.15) is 24.2 Å². The largest absolute Gasteiger partial charge is 0.386 e. The van der Waals surface area contributed by atoms with E-state index in [4.69, 9.17) is 22.1 Å². The predicted octanol–water partition coefficient (Wildman–Crippen LogP) is 3.56. The zero-order chi connectivity index (χ0) is 20.5.